The third kappa shape index (κ3) is 7.82. The molecule has 2 aromatic rings. The Kier molecular flexibility index (Phi) is 10.3. The molecule has 0 aliphatic rings. The summed E-state index contributed by atoms with van der Waals surface area (Å²) in [6.07, 6.45) is 0. The van der Waals surface area contributed by atoms with Crippen molar-refractivity contribution in [1.29, 1.82) is 0 Å². The highest BCUT2D eigenvalue weighted by Gasteiger charge is 2.57. The summed E-state index contributed by atoms with van der Waals surface area (Å²) in [7, 11) is -9.06. The van der Waals surface area contributed by atoms with Crippen LogP contribution < -0.4 is 0 Å². The van der Waals surface area contributed by atoms with Crippen LogP contribution in [0, 0.1) is 24.3 Å². The molecular formula is C21H28N4O10S2. The topological polar surface area (TPSA) is 182 Å². The Morgan fingerprint density at radius 1 is 0.703 bits per heavy atom. The second-order valence-electron chi connectivity index (χ2n) is 7.59. The zero-order chi connectivity index (χ0) is 27.7. The van der Waals surface area contributed by atoms with E-state index < -0.39 is 39.1 Å². The summed E-state index contributed by atoms with van der Waals surface area (Å²) in [6, 6.07) is 11.1. The average Bonchev–Trinajstić information content (AvgIpc) is 2.86. The quantitative estimate of drug-likeness (QED) is 0.109. The third-order valence-corrected chi connectivity index (χ3v) is 7.30. The number of aryl methyl sites for hydroxylation is 2. The predicted molar refractivity (Wildman–Crippen MR) is 127 cm³/mol. The van der Waals surface area contributed by atoms with E-state index in [0.717, 1.165) is 11.1 Å². The Bertz CT molecular complexity index is 1210. The second kappa shape index (κ2) is 12.8. The van der Waals surface area contributed by atoms with Crippen molar-refractivity contribution in [2.45, 2.75) is 43.1 Å². The molecular weight excluding hydrogens is 532 g/mol. The lowest BCUT2D eigenvalue weighted by Gasteiger charge is -2.23. The molecule has 0 spiro atoms. The maximum absolute atomic E-state index is 12.9. The van der Waals surface area contributed by atoms with E-state index >= 15 is 0 Å². The first kappa shape index (κ1) is 29.9. The average molecular weight is 561 g/mol. The second-order valence-corrected chi connectivity index (χ2v) is 10.8. The van der Waals surface area contributed by atoms with Crippen molar-refractivity contribution in [2.75, 3.05) is 26.4 Å². The standard InChI is InChI=1S/C21H28N4O10S2/c1-5-32-22-24(26)21(25(27)23-33-6-2,15-34-36(28,29)19-11-7-17(3)8-12-19)16-35-37(30,31)20-13-9-18(4)10-14-20/h7-14H,5-6,15-16H2,1-4H3. The van der Waals surface area contributed by atoms with Crippen molar-refractivity contribution < 1.29 is 44.6 Å². The maximum atomic E-state index is 12.9. The summed E-state index contributed by atoms with van der Waals surface area (Å²) in [5.74, 6) is 0. The summed E-state index contributed by atoms with van der Waals surface area (Å²) in [4.78, 5) is 8.06. The lowest BCUT2D eigenvalue weighted by atomic mass is 10.2. The fourth-order valence-corrected chi connectivity index (χ4v) is 4.50. The van der Waals surface area contributed by atoms with Crippen LogP contribution in [0.1, 0.15) is 25.0 Å². The highest BCUT2D eigenvalue weighted by atomic mass is 32.2. The van der Waals surface area contributed by atoms with Gasteiger partial charge in [-0.2, -0.15) is 16.8 Å². The SMILES string of the molecule is CCON=[N+]([O-])C(COS(=O)(=O)c1ccc(C)cc1)(COS(=O)(=O)c1ccc(C)cc1)[N+]([O-])=NOCC. The summed E-state index contributed by atoms with van der Waals surface area (Å²) >= 11 is 0. The van der Waals surface area contributed by atoms with E-state index in [-0.39, 0.29) is 32.7 Å². The van der Waals surface area contributed by atoms with Gasteiger partial charge in [-0.15, -0.1) is 0 Å². The van der Waals surface area contributed by atoms with Crippen LogP contribution in [-0.2, 0) is 38.3 Å². The van der Waals surface area contributed by atoms with Gasteiger partial charge in [-0.3, -0.25) is 8.37 Å². The zero-order valence-electron chi connectivity index (χ0n) is 20.6. The van der Waals surface area contributed by atoms with Crippen LogP contribution in [0.4, 0.5) is 0 Å². The normalized spacial score (nSPS) is 13.4. The van der Waals surface area contributed by atoms with Gasteiger partial charge in [0, 0.05) is 9.72 Å². The Labute approximate surface area is 215 Å². The van der Waals surface area contributed by atoms with Gasteiger partial charge >= 0.3 is 5.66 Å². The van der Waals surface area contributed by atoms with E-state index in [4.69, 9.17) is 18.0 Å². The first-order valence-electron chi connectivity index (χ1n) is 10.9. The lowest BCUT2D eigenvalue weighted by molar-refractivity contribution is -0.848. The minimum Gasteiger partial charge on any atom is -0.592 e. The van der Waals surface area contributed by atoms with E-state index in [1.807, 2.05) is 0 Å². The van der Waals surface area contributed by atoms with Crippen LogP contribution in [0.3, 0.4) is 0 Å². The summed E-state index contributed by atoms with van der Waals surface area (Å²) in [5.41, 5.74) is -1.31. The Balaban J connectivity index is 2.52. The van der Waals surface area contributed by atoms with Gasteiger partial charge in [0.05, 0.1) is 9.79 Å². The van der Waals surface area contributed by atoms with Crippen molar-refractivity contribution in [2.24, 2.45) is 10.6 Å². The number of hydrogen-bond donors (Lipinski definition) is 0. The molecule has 0 saturated carbocycles. The molecule has 0 radical (unpaired) electrons. The number of hydroxylamine groups is 2. The highest BCUT2D eigenvalue weighted by Crippen LogP contribution is 2.23. The van der Waals surface area contributed by atoms with Crippen molar-refractivity contribution >= 4 is 20.2 Å². The van der Waals surface area contributed by atoms with E-state index in [0.29, 0.717) is 0 Å². The lowest BCUT2D eigenvalue weighted by Crippen LogP contribution is -2.55. The van der Waals surface area contributed by atoms with Gasteiger partial charge < -0.3 is 20.1 Å². The largest absolute Gasteiger partial charge is 0.592 e. The number of hydrogen-bond acceptors (Lipinski definition) is 12. The summed E-state index contributed by atoms with van der Waals surface area (Å²) in [6.45, 7) is 3.68. The van der Waals surface area contributed by atoms with Gasteiger partial charge in [0.15, 0.2) is 0 Å². The molecule has 14 nitrogen and oxygen atoms in total. The number of benzene rings is 2. The van der Waals surface area contributed by atoms with Crippen LogP contribution >= 0.6 is 0 Å². The molecule has 0 aromatic heterocycles. The molecule has 0 fully saturated rings. The molecule has 0 heterocycles. The van der Waals surface area contributed by atoms with E-state index in [9.17, 15) is 27.3 Å². The molecule has 16 heteroatoms. The molecule has 0 amide bonds. The van der Waals surface area contributed by atoms with Crippen LogP contribution in [-0.4, -0.2) is 58.6 Å². The molecule has 204 valence electrons. The summed E-state index contributed by atoms with van der Waals surface area (Å²) in [5, 5.41) is 32.3. The van der Waals surface area contributed by atoms with Crippen molar-refractivity contribution in [3.05, 3.63) is 70.1 Å². The van der Waals surface area contributed by atoms with Crippen molar-refractivity contribution in [1.82, 2.24) is 0 Å². The Morgan fingerprint density at radius 3 is 1.32 bits per heavy atom. The molecule has 0 bridgehead atoms. The zero-order valence-corrected chi connectivity index (χ0v) is 22.3. The van der Waals surface area contributed by atoms with E-state index in [2.05, 4.69) is 10.6 Å². The van der Waals surface area contributed by atoms with Crippen molar-refractivity contribution in [3.63, 3.8) is 0 Å². The van der Waals surface area contributed by atoms with E-state index in [1.165, 1.54) is 62.4 Å². The summed E-state index contributed by atoms with van der Waals surface area (Å²) < 4.78 is 61.1. The van der Waals surface area contributed by atoms with Gasteiger partial charge in [0.25, 0.3) is 20.2 Å². The Hall–Kier alpha value is -3.34. The van der Waals surface area contributed by atoms with Crippen LogP contribution in [0.2, 0.25) is 0 Å². The highest BCUT2D eigenvalue weighted by molar-refractivity contribution is 7.87. The van der Waals surface area contributed by atoms with E-state index in [1.54, 1.807) is 13.8 Å². The van der Waals surface area contributed by atoms with Crippen LogP contribution in [0.25, 0.3) is 0 Å². The molecule has 0 atom stereocenters. The van der Waals surface area contributed by atoms with Gasteiger partial charge in [0.1, 0.15) is 13.2 Å². The smallest absolute Gasteiger partial charge is 0.472 e. The fraction of sp³-hybridized carbons (Fsp3) is 0.429. The minimum atomic E-state index is -4.53. The molecule has 0 saturated heterocycles. The molecule has 2 rings (SSSR count). The Morgan fingerprint density at radius 2 is 1.03 bits per heavy atom. The molecule has 0 unspecified atom stereocenters. The fourth-order valence-electron chi connectivity index (χ4n) is 2.60. The first-order valence-corrected chi connectivity index (χ1v) is 13.7. The predicted octanol–water partition coefficient (Wildman–Crippen LogP) is 2.94. The first-order chi connectivity index (χ1) is 17.4. The molecule has 0 N–H and O–H groups in total. The van der Waals surface area contributed by atoms with Gasteiger partial charge in [0.2, 0.25) is 23.8 Å². The van der Waals surface area contributed by atoms with Gasteiger partial charge in [-0.25, -0.2) is 0 Å². The molecule has 0 aliphatic carbocycles. The third-order valence-electron chi connectivity index (χ3n) is 4.74. The van der Waals surface area contributed by atoms with Crippen LogP contribution in [0.5, 0.6) is 0 Å². The number of nitrogens with zero attached hydrogens (tertiary/aromatic N) is 4. The monoisotopic (exact) mass is 560 g/mol. The van der Waals surface area contributed by atoms with Gasteiger partial charge in [-0.05, 0) is 52.0 Å². The maximum Gasteiger partial charge on any atom is 0.472 e. The van der Waals surface area contributed by atoms with Crippen LogP contribution in [0.15, 0.2) is 68.9 Å². The van der Waals surface area contributed by atoms with Gasteiger partial charge in [-0.1, -0.05) is 35.4 Å². The minimum absolute atomic E-state index is 0.110. The van der Waals surface area contributed by atoms with Crippen molar-refractivity contribution in [3.8, 4) is 0 Å². The molecule has 0 aliphatic heterocycles. The number of rotatable bonds is 14. The molecule has 37 heavy (non-hydrogen) atoms. The molecule has 2 aromatic carbocycles.